The second-order valence-corrected chi connectivity index (χ2v) is 4.13. The topological polar surface area (TPSA) is 63.2 Å². The van der Waals surface area contributed by atoms with Crippen LogP contribution in [0.5, 0.6) is 0 Å². The monoisotopic (exact) mass is 295 g/mol. The zero-order chi connectivity index (χ0) is 14.3. The number of halogens is 8. The zero-order valence-electron chi connectivity index (χ0n) is 7.16. The SMILES string of the molecule is O=C(NS(=O)(=O)C(F)(F)F)C(F)(F)C(F)(F)F. The molecule has 0 aliphatic carbocycles. The number of nitrogens with one attached hydrogen (secondary N) is 1. The molecule has 0 spiro atoms. The van der Waals surface area contributed by atoms with Crippen LogP contribution in [0.25, 0.3) is 0 Å². The van der Waals surface area contributed by atoms with Crippen molar-refractivity contribution >= 4 is 15.9 Å². The molecular weight excluding hydrogens is 294 g/mol. The van der Waals surface area contributed by atoms with Gasteiger partial charge in [-0.1, -0.05) is 0 Å². The molecule has 1 N–H and O–H groups in total. The molecule has 0 bridgehead atoms. The highest BCUT2D eigenvalue weighted by molar-refractivity contribution is 7.90. The van der Waals surface area contributed by atoms with Gasteiger partial charge in [-0.15, -0.1) is 0 Å². The van der Waals surface area contributed by atoms with Gasteiger partial charge >= 0.3 is 33.5 Å². The van der Waals surface area contributed by atoms with E-state index in [-0.39, 0.29) is 0 Å². The van der Waals surface area contributed by atoms with Gasteiger partial charge < -0.3 is 0 Å². The molecule has 102 valence electrons. The molecule has 0 aromatic heterocycles. The first-order chi connectivity index (χ1) is 7.13. The number of carbonyl (C=O) groups is 1. The van der Waals surface area contributed by atoms with Crippen LogP contribution in [0.15, 0.2) is 0 Å². The van der Waals surface area contributed by atoms with E-state index in [2.05, 4.69) is 0 Å². The highest BCUT2D eigenvalue weighted by atomic mass is 32.2. The number of alkyl halides is 8. The maximum Gasteiger partial charge on any atom is 0.516 e. The molecule has 0 aromatic carbocycles. The third-order valence-corrected chi connectivity index (χ3v) is 2.24. The van der Waals surface area contributed by atoms with E-state index in [9.17, 15) is 48.3 Å². The van der Waals surface area contributed by atoms with Crippen LogP contribution < -0.4 is 4.72 Å². The molecule has 0 radical (unpaired) electrons. The zero-order valence-corrected chi connectivity index (χ0v) is 7.97. The number of amides is 1. The quantitative estimate of drug-likeness (QED) is 0.777. The lowest BCUT2D eigenvalue weighted by Gasteiger charge is -2.18. The van der Waals surface area contributed by atoms with E-state index in [1.807, 2.05) is 0 Å². The van der Waals surface area contributed by atoms with Crippen LogP contribution in [0.1, 0.15) is 0 Å². The number of rotatable bonds is 2. The van der Waals surface area contributed by atoms with E-state index >= 15 is 0 Å². The smallest absolute Gasteiger partial charge is 0.267 e. The van der Waals surface area contributed by atoms with Crippen LogP contribution in [0, 0.1) is 0 Å². The van der Waals surface area contributed by atoms with Crippen molar-refractivity contribution in [2.24, 2.45) is 0 Å². The Kier molecular flexibility index (Phi) is 3.69. The maximum atomic E-state index is 12.1. The highest BCUT2D eigenvalue weighted by Crippen LogP contribution is 2.36. The molecular formula is C4HF8NO3S. The minimum atomic E-state index is -6.62. The van der Waals surface area contributed by atoms with E-state index in [4.69, 9.17) is 0 Å². The summed E-state index contributed by atoms with van der Waals surface area (Å²) in [5, 5.41) is 0. The Bertz CT molecular complexity index is 405. The van der Waals surface area contributed by atoms with E-state index in [1.54, 1.807) is 0 Å². The minimum Gasteiger partial charge on any atom is -0.267 e. The summed E-state index contributed by atoms with van der Waals surface area (Å²) in [5.41, 5.74) is -6.19. The van der Waals surface area contributed by atoms with E-state index in [0.29, 0.717) is 0 Å². The predicted molar refractivity (Wildman–Crippen MR) is 34.1 cm³/mol. The third kappa shape index (κ3) is 3.17. The molecule has 4 nitrogen and oxygen atoms in total. The molecule has 0 aromatic rings. The molecule has 0 heterocycles. The Hall–Kier alpha value is -1.14. The van der Waals surface area contributed by atoms with Gasteiger partial charge in [-0.2, -0.15) is 43.5 Å². The Morgan fingerprint density at radius 2 is 1.24 bits per heavy atom. The molecule has 0 unspecified atom stereocenters. The fourth-order valence-electron chi connectivity index (χ4n) is 0.373. The summed E-state index contributed by atoms with van der Waals surface area (Å²) in [6.07, 6.45) is -6.52. The summed E-state index contributed by atoms with van der Waals surface area (Å²) < 4.78 is 113. The van der Waals surface area contributed by atoms with Crippen LogP contribution in [0.2, 0.25) is 0 Å². The van der Waals surface area contributed by atoms with Gasteiger partial charge in [0, 0.05) is 0 Å². The second kappa shape index (κ2) is 3.96. The molecule has 0 saturated heterocycles. The Balaban J connectivity index is 5.17. The number of sulfonamides is 1. The van der Waals surface area contributed by atoms with Crippen molar-refractivity contribution in [3.8, 4) is 0 Å². The minimum absolute atomic E-state index is 0.419. The van der Waals surface area contributed by atoms with Crippen molar-refractivity contribution in [3.63, 3.8) is 0 Å². The van der Waals surface area contributed by atoms with Gasteiger partial charge in [-0.25, -0.2) is 4.72 Å². The standard InChI is InChI=1S/C4HF8NO3S/c5-2(6,3(7,8)9)1(14)13-17(15,16)4(10,11)12/h(H,13,14). The molecule has 13 heteroatoms. The van der Waals surface area contributed by atoms with E-state index < -0.39 is 38.3 Å². The molecule has 1 amide bonds. The average molecular weight is 295 g/mol. The molecule has 0 rings (SSSR count). The third-order valence-electron chi connectivity index (χ3n) is 1.17. The Labute approximate surface area is 87.6 Å². The van der Waals surface area contributed by atoms with E-state index in [1.165, 1.54) is 0 Å². The lowest BCUT2D eigenvalue weighted by molar-refractivity contribution is -0.269. The van der Waals surface area contributed by atoms with Gasteiger partial charge in [0.25, 0.3) is 0 Å². The van der Waals surface area contributed by atoms with Crippen LogP contribution >= 0.6 is 0 Å². The normalized spacial score (nSPS) is 14.6. The van der Waals surface area contributed by atoms with Crippen LogP contribution in [-0.4, -0.2) is 31.9 Å². The lowest BCUT2D eigenvalue weighted by atomic mass is 10.3. The van der Waals surface area contributed by atoms with Gasteiger partial charge in [0.15, 0.2) is 0 Å². The number of hydrogen-bond acceptors (Lipinski definition) is 3. The average Bonchev–Trinajstić information content (AvgIpc) is 1.98. The largest absolute Gasteiger partial charge is 0.516 e. The molecule has 0 saturated carbocycles. The summed E-state index contributed by atoms with van der Waals surface area (Å²) in [6, 6.07) is 0. The van der Waals surface area contributed by atoms with Crippen molar-refractivity contribution in [2.45, 2.75) is 17.6 Å². The van der Waals surface area contributed by atoms with Crippen molar-refractivity contribution < 1.29 is 48.3 Å². The van der Waals surface area contributed by atoms with Gasteiger partial charge in [0.05, 0.1) is 0 Å². The summed E-state index contributed by atoms with van der Waals surface area (Å²) in [5.74, 6) is -9.90. The first-order valence-corrected chi connectivity index (χ1v) is 4.69. The van der Waals surface area contributed by atoms with Crippen molar-refractivity contribution in [2.75, 3.05) is 0 Å². The molecule has 0 aliphatic rings. The van der Waals surface area contributed by atoms with Crippen molar-refractivity contribution in [3.05, 3.63) is 0 Å². The highest BCUT2D eigenvalue weighted by Gasteiger charge is 2.65. The van der Waals surface area contributed by atoms with Crippen molar-refractivity contribution in [1.82, 2.24) is 4.72 Å². The molecule has 0 aliphatic heterocycles. The first kappa shape index (κ1) is 15.9. The van der Waals surface area contributed by atoms with Crippen LogP contribution in [0.4, 0.5) is 35.1 Å². The van der Waals surface area contributed by atoms with Gasteiger partial charge in [0.1, 0.15) is 0 Å². The molecule has 17 heavy (non-hydrogen) atoms. The Morgan fingerprint density at radius 1 is 0.882 bits per heavy atom. The fourth-order valence-corrected chi connectivity index (χ4v) is 0.861. The predicted octanol–water partition coefficient (Wildman–Crippen LogP) is 1.15. The van der Waals surface area contributed by atoms with Gasteiger partial charge in [0.2, 0.25) is 0 Å². The summed E-state index contributed by atoms with van der Waals surface area (Å²) >= 11 is 0. The Morgan fingerprint density at radius 3 is 1.47 bits per heavy atom. The summed E-state index contributed by atoms with van der Waals surface area (Å²) in [4.78, 5) is 10.1. The van der Waals surface area contributed by atoms with Crippen molar-refractivity contribution in [1.29, 1.82) is 0 Å². The molecule has 0 atom stereocenters. The summed E-state index contributed by atoms with van der Waals surface area (Å²) in [6.45, 7) is 0. The van der Waals surface area contributed by atoms with E-state index in [0.717, 1.165) is 0 Å². The van der Waals surface area contributed by atoms with Crippen LogP contribution in [-0.2, 0) is 14.8 Å². The summed E-state index contributed by atoms with van der Waals surface area (Å²) in [7, 11) is -6.62. The lowest BCUT2D eigenvalue weighted by Crippen LogP contribution is -2.54. The first-order valence-electron chi connectivity index (χ1n) is 3.21. The second-order valence-electron chi connectivity index (χ2n) is 2.45. The molecule has 0 fully saturated rings. The number of carbonyl (C=O) groups excluding carboxylic acids is 1. The number of hydrogen-bond donors (Lipinski definition) is 1. The van der Waals surface area contributed by atoms with Gasteiger partial charge in [-0.05, 0) is 0 Å². The fraction of sp³-hybridized carbons (Fsp3) is 0.750. The van der Waals surface area contributed by atoms with Gasteiger partial charge in [-0.3, -0.25) is 4.79 Å². The maximum absolute atomic E-state index is 12.1. The van der Waals surface area contributed by atoms with Crippen LogP contribution in [0.3, 0.4) is 0 Å².